The smallest absolute Gasteiger partial charge is 0.179 e. The zero-order valence-corrected chi connectivity index (χ0v) is 11.5. The average Bonchev–Trinajstić information content (AvgIpc) is 2.54. The van der Waals surface area contributed by atoms with Gasteiger partial charge in [-0.25, -0.2) is 4.98 Å². The minimum absolute atomic E-state index is 0.420. The Kier molecular flexibility index (Phi) is 3.31. The summed E-state index contributed by atoms with van der Waals surface area (Å²) in [7, 11) is 4.14. The van der Waals surface area contributed by atoms with E-state index in [-0.39, 0.29) is 0 Å². The van der Waals surface area contributed by atoms with Gasteiger partial charge in [0.25, 0.3) is 0 Å². The number of imidazole rings is 1. The van der Waals surface area contributed by atoms with Crippen molar-refractivity contribution in [1.82, 2.24) is 19.4 Å². The van der Waals surface area contributed by atoms with Gasteiger partial charge in [-0.05, 0) is 51.8 Å². The number of aryl methyl sites for hydroxylation is 1. The van der Waals surface area contributed by atoms with Gasteiger partial charge in [-0.1, -0.05) is 0 Å². The predicted octanol–water partition coefficient (Wildman–Crippen LogP) is 2.35. The van der Waals surface area contributed by atoms with Gasteiger partial charge in [0.05, 0.1) is 5.52 Å². The highest BCUT2D eigenvalue weighted by Gasteiger charge is 2.10. The number of aromatic amines is 1. The molecular weight excluding hydrogens is 232 g/mol. The normalized spacial score (nSPS) is 13.5. The first-order valence-electron chi connectivity index (χ1n) is 5.70. The molecule has 0 aromatic carbocycles. The Hall–Kier alpha value is -1.20. The molecule has 0 saturated heterocycles. The second-order valence-corrected chi connectivity index (χ2v) is 5.12. The first-order chi connectivity index (χ1) is 7.99. The molecule has 2 aromatic rings. The molecule has 2 aromatic heterocycles. The molecule has 4 nitrogen and oxygen atoms in total. The minimum atomic E-state index is 0.420. The number of hydrogen-bond donors (Lipinski definition) is 1. The number of rotatable bonds is 3. The van der Waals surface area contributed by atoms with E-state index in [0.717, 1.165) is 28.0 Å². The van der Waals surface area contributed by atoms with Crippen LogP contribution >= 0.6 is 12.2 Å². The summed E-state index contributed by atoms with van der Waals surface area (Å²) in [5.74, 6) is 0. The maximum atomic E-state index is 5.35. The van der Waals surface area contributed by atoms with E-state index in [0.29, 0.717) is 6.04 Å². The van der Waals surface area contributed by atoms with Crippen LogP contribution in [0.4, 0.5) is 0 Å². The molecule has 2 heterocycles. The third-order valence-corrected chi connectivity index (χ3v) is 3.40. The monoisotopic (exact) mass is 250 g/mol. The topological polar surface area (TPSA) is 36.9 Å². The Labute approximate surface area is 106 Å². The number of likely N-dealkylation sites (N-methyl/N-ethyl adjacent to an activating group) is 1. The van der Waals surface area contributed by atoms with Gasteiger partial charge < -0.3 is 9.88 Å². The highest BCUT2D eigenvalue weighted by molar-refractivity contribution is 7.71. The molecule has 0 saturated carbocycles. The first kappa shape index (κ1) is 12.3. The summed E-state index contributed by atoms with van der Waals surface area (Å²) in [5.41, 5.74) is 3.09. The fraction of sp³-hybridized carbons (Fsp3) is 0.500. The molecule has 0 amide bonds. The Balaban J connectivity index is 2.47. The molecule has 1 atom stereocenters. The van der Waals surface area contributed by atoms with Gasteiger partial charge >= 0.3 is 0 Å². The summed E-state index contributed by atoms with van der Waals surface area (Å²) in [5, 5.41) is 0. The fourth-order valence-electron chi connectivity index (χ4n) is 1.74. The van der Waals surface area contributed by atoms with E-state index in [4.69, 9.17) is 12.2 Å². The standard InChI is InChI=1S/C12H18N4S/c1-8-5-10-11(13-6-8)16(12(17)14-10)7-9(2)15(3)4/h5-6,9H,7H2,1-4H3,(H,14,17). The van der Waals surface area contributed by atoms with Crippen LogP contribution in [-0.2, 0) is 6.54 Å². The molecule has 0 radical (unpaired) electrons. The molecule has 17 heavy (non-hydrogen) atoms. The highest BCUT2D eigenvalue weighted by atomic mass is 32.1. The van der Waals surface area contributed by atoms with Gasteiger partial charge in [-0.15, -0.1) is 0 Å². The fourth-order valence-corrected chi connectivity index (χ4v) is 2.02. The molecule has 0 spiro atoms. The van der Waals surface area contributed by atoms with E-state index in [1.807, 2.05) is 13.1 Å². The average molecular weight is 250 g/mol. The van der Waals surface area contributed by atoms with Gasteiger partial charge in [-0.3, -0.25) is 4.57 Å². The van der Waals surface area contributed by atoms with Crippen LogP contribution in [0, 0.1) is 11.7 Å². The summed E-state index contributed by atoms with van der Waals surface area (Å²) in [6.45, 7) is 5.06. The number of aromatic nitrogens is 3. The summed E-state index contributed by atoms with van der Waals surface area (Å²) < 4.78 is 2.81. The number of hydrogen-bond acceptors (Lipinski definition) is 3. The van der Waals surface area contributed by atoms with Crippen molar-refractivity contribution in [1.29, 1.82) is 0 Å². The van der Waals surface area contributed by atoms with Crippen molar-refractivity contribution in [3.8, 4) is 0 Å². The van der Waals surface area contributed by atoms with Crippen LogP contribution in [0.1, 0.15) is 12.5 Å². The van der Waals surface area contributed by atoms with Crippen molar-refractivity contribution < 1.29 is 0 Å². The number of nitrogens with zero attached hydrogens (tertiary/aromatic N) is 3. The van der Waals surface area contributed by atoms with Crippen LogP contribution in [0.25, 0.3) is 11.2 Å². The third kappa shape index (κ3) is 2.40. The number of H-pyrrole nitrogens is 1. The van der Waals surface area contributed by atoms with Gasteiger partial charge in [0.15, 0.2) is 10.4 Å². The Morgan fingerprint density at radius 2 is 2.24 bits per heavy atom. The quantitative estimate of drug-likeness (QED) is 0.850. The molecule has 0 fully saturated rings. The van der Waals surface area contributed by atoms with E-state index in [2.05, 4.69) is 46.5 Å². The molecule has 0 aliphatic heterocycles. The van der Waals surface area contributed by atoms with Gasteiger partial charge in [0.1, 0.15) is 0 Å². The Morgan fingerprint density at radius 3 is 2.88 bits per heavy atom. The summed E-state index contributed by atoms with van der Waals surface area (Å²) >= 11 is 5.35. The zero-order chi connectivity index (χ0) is 12.6. The van der Waals surface area contributed by atoms with Crippen molar-refractivity contribution in [2.24, 2.45) is 0 Å². The minimum Gasteiger partial charge on any atom is -0.329 e. The highest BCUT2D eigenvalue weighted by Crippen LogP contribution is 2.14. The van der Waals surface area contributed by atoms with Gasteiger partial charge in [0, 0.05) is 18.8 Å². The van der Waals surface area contributed by atoms with Gasteiger partial charge in [-0.2, -0.15) is 0 Å². The molecule has 0 aliphatic carbocycles. The van der Waals surface area contributed by atoms with Crippen LogP contribution in [0.5, 0.6) is 0 Å². The van der Waals surface area contributed by atoms with Crippen molar-refractivity contribution in [3.05, 3.63) is 22.6 Å². The lowest BCUT2D eigenvalue weighted by molar-refractivity contribution is 0.285. The Morgan fingerprint density at radius 1 is 1.53 bits per heavy atom. The van der Waals surface area contributed by atoms with E-state index in [1.165, 1.54) is 0 Å². The molecule has 1 unspecified atom stereocenters. The maximum absolute atomic E-state index is 5.35. The van der Waals surface area contributed by atoms with Crippen LogP contribution < -0.4 is 0 Å². The van der Waals surface area contributed by atoms with Gasteiger partial charge in [0.2, 0.25) is 0 Å². The molecular formula is C12H18N4S. The van der Waals surface area contributed by atoms with Crippen LogP contribution in [0.2, 0.25) is 0 Å². The third-order valence-electron chi connectivity index (χ3n) is 3.07. The number of pyridine rings is 1. The number of fused-ring (bicyclic) bond motifs is 1. The number of nitrogens with one attached hydrogen (secondary N) is 1. The Bertz CT molecular complexity index is 582. The van der Waals surface area contributed by atoms with E-state index in [1.54, 1.807) is 0 Å². The zero-order valence-electron chi connectivity index (χ0n) is 10.7. The molecule has 5 heteroatoms. The van der Waals surface area contributed by atoms with E-state index >= 15 is 0 Å². The molecule has 92 valence electrons. The van der Waals surface area contributed by atoms with E-state index in [9.17, 15) is 0 Å². The largest absolute Gasteiger partial charge is 0.329 e. The molecule has 1 N–H and O–H groups in total. The lowest BCUT2D eigenvalue weighted by Crippen LogP contribution is -2.29. The summed E-state index contributed by atoms with van der Waals surface area (Å²) in [6, 6.07) is 2.50. The summed E-state index contributed by atoms with van der Waals surface area (Å²) in [4.78, 5) is 9.84. The maximum Gasteiger partial charge on any atom is 0.179 e. The van der Waals surface area contributed by atoms with Crippen LogP contribution in [0.3, 0.4) is 0 Å². The van der Waals surface area contributed by atoms with E-state index < -0.39 is 0 Å². The van der Waals surface area contributed by atoms with Crippen molar-refractivity contribution in [2.45, 2.75) is 26.4 Å². The lowest BCUT2D eigenvalue weighted by atomic mass is 10.3. The van der Waals surface area contributed by atoms with Crippen molar-refractivity contribution >= 4 is 23.4 Å². The molecule has 0 bridgehead atoms. The predicted molar refractivity (Wildman–Crippen MR) is 72.8 cm³/mol. The lowest BCUT2D eigenvalue weighted by Gasteiger charge is -2.20. The SMILES string of the molecule is Cc1cnc2c(c1)[nH]c(=S)n2CC(C)N(C)C. The van der Waals surface area contributed by atoms with Crippen LogP contribution in [-0.4, -0.2) is 39.6 Å². The summed E-state index contributed by atoms with van der Waals surface area (Å²) in [6.07, 6.45) is 1.88. The second kappa shape index (κ2) is 4.58. The van der Waals surface area contributed by atoms with Crippen molar-refractivity contribution in [3.63, 3.8) is 0 Å². The second-order valence-electron chi connectivity index (χ2n) is 4.74. The molecule has 0 aliphatic rings. The van der Waals surface area contributed by atoms with Crippen LogP contribution in [0.15, 0.2) is 12.3 Å². The first-order valence-corrected chi connectivity index (χ1v) is 6.11. The van der Waals surface area contributed by atoms with Crippen molar-refractivity contribution in [2.75, 3.05) is 14.1 Å². The molecule has 2 rings (SSSR count).